The fraction of sp³-hybridized carbons (Fsp3) is 0.450. The Morgan fingerprint density at radius 1 is 0.753 bits per heavy atom. The van der Waals surface area contributed by atoms with Crippen molar-refractivity contribution in [2.45, 2.75) is 124 Å². The van der Waals surface area contributed by atoms with E-state index in [1.807, 2.05) is 31.3 Å². The van der Waals surface area contributed by atoms with E-state index in [1.165, 1.54) is 81.9 Å². The van der Waals surface area contributed by atoms with Crippen molar-refractivity contribution in [2.75, 3.05) is 52.5 Å². The molecule has 8 aromatic rings. The Morgan fingerprint density at radius 3 is 2.27 bits per heavy atom. The number of ether oxygens (including phenoxy) is 2. The molecule has 5 heterocycles. The van der Waals surface area contributed by atoms with Crippen molar-refractivity contribution in [3.05, 3.63) is 124 Å². The molecular formula is C60H74FN7O4S. The van der Waals surface area contributed by atoms with E-state index >= 15 is 4.39 Å². The van der Waals surface area contributed by atoms with Crippen LogP contribution in [0.5, 0.6) is 5.75 Å². The van der Waals surface area contributed by atoms with Gasteiger partial charge in [-0.25, -0.2) is 9.37 Å². The average Bonchev–Trinajstić information content (AvgIpc) is 4.17. The molecule has 1 aliphatic heterocycles. The number of aromatic nitrogens is 4. The van der Waals surface area contributed by atoms with Crippen LogP contribution in [0.25, 0.3) is 54.4 Å². The van der Waals surface area contributed by atoms with Crippen LogP contribution < -0.4 is 15.4 Å². The summed E-state index contributed by atoms with van der Waals surface area (Å²) in [6, 6.07) is 27.7. The number of hydrogen-bond acceptors (Lipinski definition) is 9. The molecule has 11 nitrogen and oxygen atoms in total. The number of halogens is 1. The Balaban J connectivity index is 0.619. The number of carbonyl (C=O) groups excluding carboxylic acids is 1. The summed E-state index contributed by atoms with van der Waals surface area (Å²) >= 11 is 1.82. The SMILES string of the molecule is CCn1c2ccc(CNCCCCCCCCCCCC(=O)NCCOc3ccc(CCc4nc5cc(-c6c(C)noc6C)ccc5n4CCN4CCOCC4)cc3F)cc2c2ccc(-c3cc(C)cs3)cc21. The van der Waals surface area contributed by atoms with Crippen molar-refractivity contribution in [1.82, 2.24) is 34.8 Å². The van der Waals surface area contributed by atoms with Gasteiger partial charge >= 0.3 is 0 Å². The van der Waals surface area contributed by atoms with Crippen LogP contribution in [0.15, 0.2) is 88.8 Å². The zero-order valence-electron chi connectivity index (χ0n) is 43.5. The van der Waals surface area contributed by atoms with Crippen LogP contribution in [0, 0.1) is 26.6 Å². The van der Waals surface area contributed by atoms with E-state index in [9.17, 15) is 4.79 Å². The van der Waals surface area contributed by atoms with Gasteiger partial charge in [-0.1, -0.05) is 80.4 Å². The number of fused-ring (bicyclic) bond motifs is 4. The molecule has 9 rings (SSSR count). The standard InChI is InChI=1S/C60H74FN7O4S/c1-5-67-53-22-16-46(36-50(53)49-21-19-47(39-55(49)67)57-35-42(2)41-73-57)40-62-26-14-12-10-8-6-7-9-11-13-15-59(69)63-27-32-71-56-24-17-45(37-51(56)61)18-25-58-64-52-38-48(60-43(3)65-72-44(60)4)20-23-54(52)68(58)29-28-66-30-33-70-34-31-66/h16-17,19-24,35-39,41,62H,5-15,18,25-34,40H2,1-4H3,(H,63,69). The van der Waals surface area contributed by atoms with Crippen molar-refractivity contribution < 1.29 is 23.2 Å². The van der Waals surface area contributed by atoms with Crippen LogP contribution in [-0.2, 0) is 42.0 Å². The zero-order valence-corrected chi connectivity index (χ0v) is 44.3. The van der Waals surface area contributed by atoms with Crippen molar-refractivity contribution in [3.63, 3.8) is 0 Å². The second kappa shape index (κ2) is 25.4. The molecule has 0 bridgehead atoms. The summed E-state index contributed by atoms with van der Waals surface area (Å²) in [6.45, 7) is 16.8. The van der Waals surface area contributed by atoms with Gasteiger partial charge in [0.1, 0.15) is 18.2 Å². The largest absolute Gasteiger partial charge is 0.489 e. The Bertz CT molecular complexity index is 3070. The van der Waals surface area contributed by atoms with Crippen LogP contribution in [0.3, 0.4) is 0 Å². The highest BCUT2D eigenvalue weighted by Gasteiger charge is 2.19. The summed E-state index contributed by atoms with van der Waals surface area (Å²) in [4.78, 5) is 21.4. The second-order valence-corrected chi connectivity index (χ2v) is 20.8. The predicted molar refractivity (Wildman–Crippen MR) is 295 cm³/mol. The molecular weight excluding hydrogens is 934 g/mol. The third kappa shape index (κ3) is 13.3. The van der Waals surface area contributed by atoms with Crippen molar-refractivity contribution >= 4 is 50.1 Å². The summed E-state index contributed by atoms with van der Waals surface area (Å²) in [6.07, 6.45) is 12.3. The first kappa shape index (κ1) is 52.0. The van der Waals surface area contributed by atoms with E-state index in [2.05, 4.69) is 110 Å². The maximum atomic E-state index is 15.3. The van der Waals surface area contributed by atoms with Gasteiger partial charge in [0.25, 0.3) is 0 Å². The van der Waals surface area contributed by atoms with Crippen LogP contribution >= 0.6 is 11.3 Å². The zero-order chi connectivity index (χ0) is 50.5. The molecule has 4 aromatic heterocycles. The number of rotatable bonds is 27. The Kier molecular flexibility index (Phi) is 18.1. The molecule has 4 aromatic carbocycles. The van der Waals surface area contributed by atoms with Crippen molar-refractivity contribution in [3.8, 4) is 27.3 Å². The van der Waals surface area contributed by atoms with Gasteiger partial charge in [0, 0.05) is 84.4 Å². The molecule has 73 heavy (non-hydrogen) atoms. The first-order valence-corrected chi connectivity index (χ1v) is 27.8. The number of hydrogen-bond donors (Lipinski definition) is 2. The van der Waals surface area contributed by atoms with E-state index in [0.717, 1.165) is 123 Å². The molecule has 1 fully saturated rings. The molecule has 386 valence electrons. The van der Waals surface area contributed by atoms with Gasteiger partial charge < -0.3 is 33.8 Å². The van der Waals surface area contributed by atoms with E-state index in [-0.39, 0.29) is 18.3 Å². The smallest absolute Gasteiger partial charge is 0.220 e. The van der Waals surface area contributed by atoms with Crippen LogP contribution in [0.4, 0.5) is 4.39 Å². The number of aryl methyl sites for hydroxylation is 6. The quantitative estimate of drug-likeness (QED) is 0.0490. The van der Waals surface area contributed by atoms with Gasteiger partial charge in [-0.15, -0.1) is 11.3 Å². The van der Waals surface area contributed by atoms with Crippen molar-refractivity contribution in [2.24, 2.45) is 0 Å². The summed E-state index contributed by atoms with van der Waals surface area (Å²) in [7, 11) is 0. The number of nitrogens with one attached hydrogen (secondary N) is 2. The topological polar surface area (TPSA) is 112 Å². The summed E-state index contributed by atoms with van der Waals surface area (Å²) in [5, 5.41) is 15.7. The first-order chi connectivity index (χ1) is 35.7. The second-order valence-electron chi connectivity index (χ2n) is 19.9. The highest BCUT2D eigenvalue weighted by Crippen LogP contribution is 2.36. The predicted octanol–water partition coefficient (Wildman–Crippen LogP) is 12.9. The average molecular weight is 1010 g/mol. The molecule has 1 amide bonds. The maximum absolute atomic E-state index is 15.3. The highest BCUT2D eigenvalue weighted by atomic mass is 32.1. The van der Waals surface area contributed by atoms with E-state index < -0.39 is 5.82 Å². The number of imidazole rings is 1. The number of thiophene rings is 1. The van der Waals surface area contributed by atoms with Gasteiger partial charge in [0.05, 0.1) is 36.5 Å². The first-order valence-electron chi connectivity index (χ1n) is 26.9. The van der Waals surface area contributed by atoms with E-state index in [4.69, 9.17) is 19.0 Å². The van der Waals surface area contributed by atoms with Crippen molar-refractivity contribution in [1.29, 1.82) is 0 Å². The number of unbranched alkanes of at least 4 members (excludes halogenated alkanes) is 8. The summed E-state index contributed by atoms with van der Waals surface area (Å²) < 4.78 is 36.8. The third-order valence-corrected chi connectivity index (χ3v) is 15.7. The molecule has 2 N–H and O–H groups in total. The monoisotopic (exact) mass is 1010 g/mol. The Labute approximate surface area is 434 Å². The number of carbonyl (C=O) groups is 1. The molecule has 0 saturated carbocycles. The van der Waals surface area contributed by atoms with Crippen LogP contribution in [-0.4, -0.2) is 82.6 Å². The highest BCUT2D eigenvalue weighted by molar-refractivity contribution is 7.13. The van der Waals surface area contributed by atoms with Crippen LogP contribution in [0.2, 0.25) is 0 Å². The lowest BCUT2D eigenvalue weighted by atomic mass is 10.0. The molecule has 1 saturated heterocycles. The molecule has 0 atom stereocenters. The normalized spacial score (nSPS) is 13.3. The van der Waals surface area contributed by atoms with Gasteiger partial charge in [-0.05, 0) is 135 Å². The molecule has 0 spiro atoms. The molecule has 1 aliphatic rings. The van der Waals surface area contributed by atoms with Crippen LogP contribution in [0.1, 0.15) is 105 Å². The Morgan fingerprint density at radius 2 is 1.52 bits per heavy atom. The lowest BCUT2D eigenvalue weighted by Gasteiger charge is -2.27. The minimum Gasteiger partial charge on any atom is -0.489 e. The maximum Gasteiger partial charge on any atom is 0.220 e. The lowest BCUT2D eigenvalue weighted by molar-refractivity contribution is -0.121. The van der Waals surface area contributed by atoms with Gasteiger partial charge in [-0.3, -0.25) is 9.69 Å². The molecule has 13 heteroatoms. The number of amides is 1. The number of benzene rings is 4. The minimum atomic E-state index is -0.401. The molecule has 0 radical (unpaired) electrons. The minimum absolute atomic E-state index is 0.0205. The fourth-order valence-corrected chi connectivity index (χ4v) is 11.5. The summed E-state index contributed by atoms with van der Waals surface area (Å²) in [5.41, 5.74) is 12.3. The summed E-state index contributed by atoms with van der Waals surface area (Å²) in [5.74, 6) is 1.57. The van der Waals surface area contributed by atoms with E-state index in [0.29, 0.717) is 25.8 Å². The van der Waals surface area contributed by atoms with Gasteiger partial charge in [0.15, 0.2) is 11.6 Å². The van der Waals surface area contributed by atoms with E-state index in [1.54, 1.807) is 12.1 Å². The Hall–Kier alpha value is -5.86. The lowest BCUT2D eigenvalue weighted by Crippen LogP contribution is -2.38. The fourth-order valence-electron chi connectivity index (χ4n) is 10.6. The molecule has 0 unspecified atom stereocenters. The number of morpholine rings is 1. The third-order valence-electron chi connectivity index (χ3n) is 14.6. The molecule has 0 aliphatic carbocycles. The van der Waals surface area contributed by atoms with Gasteiger partial charge in [0.2, 0.25) is 5.91 Å². The van der Waals surface area contributed by atoms with Gasteiger partial charge in [-0.2, -0.15) is 0 Å². The number of nitrogens with zero attached hydrogens (tertiary/aromatic N) is 5.